The van der Waals surface area contributed by atoms with E-state index >= 15 is 0 Å². The first kappa shape index (κ1) is 17.5. The van der Waals surface area contributed by atoms with E-state index in [1.807, 2.05) is 60.7 Å². The van der Waals surface area contributed by atoms with Gasteiger partial charge in [0.05, 0.1) is 18.8 Å². The van der Waals surface area contributed by atoms with E-state index in [0.29, 0.717) is 26.2 Å². The summed E-state index contributed by atoms with van der Waals surface area (Å²) in [5.74, 6) is 0. The summed E-state index contributed by atoms with van der Waals surface area (Å²) in [6.45, 7) is 1.42. The Bertz CT molecular complexity index is 695. The number of rotatable bonds is 7. The molecule has 0 radical (unpaired) electrons. The maximum atomic E-state index is 8.76. The lowest BCUT2D eigenvalue weighted by atomic mass is 9.77. The van der Waals surface area contributed by atoms with Crippen LogP contribution in [0.25, 0.3) is 10.4 Å². The van der Waals surface area contributed by atoms with Crippen molar-refractivity contribution >= 4 is 12.6 Å². The number of benzene rings is 2. The lowest BCUT2D eigenvalue weighted by Gasteiger charge is -2.33. The van der Waals surface area contributed by atoms with Gasteiger partial charge in [0.2, 0.25) is 0 Å². The van der Waals surface area contributed by atoms with Crippen LogP contribution >= 0.6 is 0 Å². The predicted molar refractivity (Wildman–Crippen MR) is 96.3 cm³/mol. The van der Waals surface area contributed by atoms with Crippen molar-refractivity contribution in [3.63, 3.8) is 0 Å². The van der Waals surface area contributed by atoms with Crippen LogP contribution in [0.15, 0.2) is 65.8 Å². The summed E-state index contributed by atoms with van der Waals surface area (Å²) in [5, 5.41) is 3.81. The maximum Gasteiger partial charge on any atom is 0.494 e. The molecule has 128 valence electrons. The second kappa shape index (κ2) is 9.25. The standard InChI is InChI=1S/C18H20BN3O3/c20-22-21-17-14-24-19(16-9-5-2-6-10-16)25-18(17)11-12-23-13-15-7-3-1-4-8-15/h1-10,17-18H,11-14H2/t17-,18+/m1/s1. The summed E-state index contributed by atoms with van der Waals surface area (Å²) >= 11 is 0. The highest BCUT2D eigenvalue weighted by Crippen LogP contribution is 2.18. The summed E-state index contributed by atoms with van der Waals surface area (Å²) in [5.41, 5.74) is 10.8. The fourth-order valence-corrected chi connectivity index (χ4v) is 2.77. The van der Waals surface area contributed by atoms with Crippen molar-refractivity contribution in [2.75, 3.05) is 13.2 Å². The molecule has 0 spiro atoms. The topological polar surface area (TPSA) is 76.5 Å². The first-order valence-electron chi connectivity index (χ1n) is 8.34. The van der Waals surface area contributed by atoms with E-state index in [1.54, 1.807) is 0 Å². The van der Waals surface area contributed by atoms with E-state index in [2.05, 4.69) is 10.0 Å². The zero-order valence-corrected chi connectivity index (χ0v) is 13.9. The van der Waals surface area contributed by atoms with Crippen molar-refractivity contribution in [2.24, 2.45) is 5.11 Å². The van der Waals surface area contributed by atoms with E-state index in [9.17, 15) is 0 Å². The molecular weight excluding hydrogens is 317 g/mol. The molecule has 6 nitrogen and oxygen atoms in total. The number of azide groups is 1. The smallest absolute Gasteiger partial charge is 0.407 e. The van der Waals surface area contributed by atoms with Crippen LogP contribution in [0.1, 0.15) is 12.0 Å². The van der Waals surface area contributed by atoms with Gasteiger partial charge in [0.1, 0.15) is 0 Å². The Morgan fingerprint density at radius 2 is 1.84 bits per heavy atom. The first-order chi connectivity index (χ1) is 12.4. The van der Waals surface area contributed by atoms with Crippen LogP contribution in [0.5, 0.6) is 0 Å². The van der Waals surface area contributed by atoms with Gasteiger partial charge in [0.15, 0.2) is 0 Å². The molecular formula is C18H20BN3O3. The van der Waals surface area contributed by atoms with Crippen LogP contribution in [-0.4, -0.2) is 32.5 Å². The van der Waals surface area contributed by atoms with Crippen LogP contribution in [-0.2, 0) is 20.7 Å². The van der Waals surface area contributed by atoms with Crippen molar-refractivity contribution in [3.05, 3.63) is 76.7 Å². The number of ether oxygens (including phenoxy) is 1. The summed E-state index contributed by atoms with van der Waals surface area (Å²) in [7, 11) is -0.439. The van der Waals surface area contributed by atoms with Crippen LogP contribution in [0.3, 0.4) is 0 Å². The van der Waals surface area contributed by atoms with Gasteiger partial charge in [0, 0.05) is 18.1 Å². The van der Waals surface area contributed by atoms with E-state index in [-0.39, 0.29) is 12.1 Å². The summed E-state index contributed by atoms with van der Waals surface area (Å²) in [6, 6.07) is 19.4. The molecule has 0 bridgehead atoms. The van der Waals surface area contributed by atoms with Crippen molar-refractivity contribution in [1.29, 1.82) is 0 Å². The van der Waals surface area contributed by atoms with Crippen molar-refractivity contribution in [2.45, 2.75) is 25.2 Å². The third kappa shape index (κ3) is 5.08. The second-order valence-electron chi connectivity index (χ2n) is 5.85. The predicted octanol–water partition coefficient (Wildman–Crippen LogP) is 3.08. The quantitative estimate of drug-likeness (QED) is 0.256. The Morgan fingerprint density at radius 1 is 1.12 bits per heavy atom. The molecule has 1 fully saturated rings. The minimum atomic E-state index is -0.439. The second-order valence-corrected chi connectivity index (χ2v) is 5.85. The van der Waals surface area contributed by atoms with Crippen LogP contribution < -0.4 is 5.46 Å². The van der Waals surface area contributed by atoms with Gasteiger partial charge in [-0.3, -0.25) is 0 Å². The lowest BCUT2D eigenvalue weighted by Crippen LogP contribution is -2.51. The molecule has 2 aromatic carbocycles. The van der Waals surface area contributed by atoms with Crippen molar-refractivity contribution in [1.82, 2.24) is 0 Å². The molecule has 0 aliphatic carbocycles. The molecule has 1 aliphatic heterocycles. The highest BCUT2D eigenvalue weighted by molar-refractivity contribution is 6.61. The zero-order chi connectivity index (χ0) is 17.3. The SMILES string of the molecule is [N-]=[N+]=N[C@@H]1COB(c2ccccc2)O[C@H]1CCOCc1ccccc1. The minimum Gasteiger partial charge on any atom is -0.407 e. The molecule has 1 aliphatic rings. The third-order valence-corrected chi connectivity index (χ3v) is 4.08. The Balaban J connectivity index is 1.54. The first-order valence-corrected chi connectivity index (χ1v) is 8.34. The van der Waals surface area contributed by atoms with E-state index in [1.165, 1.54) is 0 Å². The number of hydrogen-bond acceptors (Lipinski definition) is 4. The molecule has 0 N–H and O–H groups in total. The van der Waals surface area contributed by atoms with Gasteiger partial charge in [-0.2, -0.15) is 0 Å². The van der Waals surface area contributed by atoms with Gasteiger partial charge in [-0.05, 0) is 23.0 Å². The monoisotopic (exact) mass is 337 g/mol. The zero-order valence-electron chi connectivity index (χ0n) is 13.9. The average Bonchev–Trinajstić information content (AvgIpc) is 2.68. The van der Waals surface area contributed by atoms with Gasteiger partial charge in [-0.25, -0.2) is 0 Å². The van der Waals surface area contributed by atoms with Gasteiger partial charge >= 0.3 is 7.12 Å². The van der Waals surface area contributed by atoms with Crippen LogP contribution in [0.2, 0.25) is 0 Å². The fraction of sp³-hybridized carbons (Fsp3) is 0.333. The Kier molecular flexibility index (Phi) is 6.48. The highest BCUT2D eigenvalue weighted by Gasteiger charge is 2.35. The Labute approximate surface area is 147 Å². The average molecular weight is 337 g/mol. The minimum absolute atomic E-state index is 0.231. The van der Waals surface area contributed by atoms with Gasteiger partial charge in [0.25, 0.3) is 0 Å². The van der Waals surface area contributed by atoms with Gasteiger partial charge in [-0.1, -0.05) is 65.8 Å². The third-order valence-electron chi connectivity index (χ3n) is 4.08. The van der Waals surface area contributed by atoms with Crippen LogP contribution in [0.4, 0.5) is 0 Å². The van der Waals surface area contributed by atoms with Crippen molar-refractivity contribution in [3.8, 4) is 0 Å². The Hall–Kier alpha value is -2.31. The van der Waals surface area contributed by atoms with Gasteiger partial charge < -0.3 is 14.0 Å². The molecule has 2 atom stereocenters. The number of nitrogens with zero attached hydrogens (tertiary/aromatic N) is 3. The largest absolute Gasteiger partial charge is 0.494 e. The molecule has 7 heteroatoms. The Morgan fingerprint density at radius 3 is 2.56 bits per heavy atom. The molecule has 1 saturated heterocycles. The normalized spacial score (nSPS) is 20.1. The summed E-state index contributed by atoms with van der Waals surface area (Å²) in [4.78, 5) is 2.91. The van der Waals surface area contributed by atoms with Gasteiger partial charge in [-0.15, -0.1) is 0 Å². The molecule has 0 aromatic heterocycles. The fourth-order valence-electron chi connectivity index (χ4n) is 2.77. The molecule has 25 heavy (non-hydrogen) atoms. The van der Waals surface area contributed by atoms with E-state index in [4.69, 9.17) is 19.6 Å². The molecule has 0 saturated carbocycles. The molecule has 2 aromatic rings. The molecule has 0 unspecified atom stereocenters. The van der Waals surface area contributed by atoms with Crippen molar-refractivity contribution < 1.29 is 14.0 Å². The van der Waals surface area contributed by atoms with E-state index < -0.39 is 7.12 Å². The highest BCUT2D eigenvalue weighted by atomic mass is 16.6. The molecule has 0 amide bonds. The maximum absolute atomic E-state index is 8.76. The van der Waals surface area contributed by atoms with Crippen LogP contribution in [0, 0.1) is 0 Å². The summed E-state index contributed by atoms with van der Waals surface area (Å²) < 4.78 is 17.5. The number of hydrogen-bond donors (Lipinski definition) is 0. The molecule has 1 heterocycles. The van der Waals surface area contributed by atoms with E-state index in [0.717, 1.165) is 11.0 Å². The molecule has 3 rings (SSSR count). The summed E-state index contributed by atoms with van der Waals surface area (Å²) in [6.07, 6.45) is 0.411. The lowest BCUT2D eigenvalue weighted by molar-refractivity contribution is 0.0223.